The molecule has 1 saturated heterocycles. The number of rotatable bonds is 5. The Hall–Kier alpha value is -1.64. The molecule has 3 atom stereocenters. The second-order valence-corrected chi connectivity index (χ2v) is 7.18. The van der Waals surface area contributed by atoms with Crippen LogP contribution in [-0.4, -0.2) is 28.6 Å². The highest BCUT2D eigenvalue weighted by Crippen LogP contribution is 2.25. The number of aliphatic hydroxyl groups is 1. The summed E-state index contributed by atoms with van der Waals surface area (Å²) < 4.78 is 0. The smallest absolute Gasteiger partial charge is 0.104 e. The van der Waals surface area contributed by atoms with E-state index in [2.05, 4.69) is 36.9 Å². The van der Waals surface area contributed by atoms with Gasteiger partial charge in [0.2, 0.25) is 0 Å². The van der Waals surface area contributed by atoms with Gasteiger partial charge in [0.25, 0.3) is 0 Å². The zero-order chi connectivity index (χ0) is 16.9. The molecule has 0 spiro atoms. The Bertz CT molecular complexity index is 629. The van der Waals surface area contributed by atoms with Gasteiger partial charge in [0.05, 0.1) is 0 Å². The van der Waals surface area contributed by atoms with Crippen LogP contribution in [0.15, 0.2) is 54.6 Å². The number of piperidine rings is 1. The lowest BCUT2D eigenvalue weighted by Crippen LogP contribution is -2.44. The fraction of sp³-hybridized carbons (Fsp3) is 0.455. The maximum atomic E-state index is 10.6. The van der Waals surface area contributed by atoms with Crippen LogP contribution in [-0.2, 0) is 6.42 Å². The van der Waals surface area contributed by atoms with Gasteiger partial charge in [0, 0.05) is 18.6 Å². The lowest BCUT2D eigenvalue weighted by atomic mass is 9.96. The van der Waals surface area contributed by atoms with Gasteiger partial charge in [-0.15, -0.1) is 0 Å². The Balaban J connectivity index is 1.67. The Kier molecular flexibility index (Phi) is 5.70. The molecule has 3 rings (SSSR count). The molecule has 0 bridgehead atoms. The van der Waals surface area contributed by atoms with Crippen molar-refractivity contribution in [1.82, 2.24) is 4.90 Å². The summed E-state index contributed by atoms with van der Waals surface area (Å²) in [4.78, 5) is 2.64. The first-order valence-electron chi connectivity index (χ1n) is 9.22. The third-order valence-corrected chi connectivity index (χ3v) is 5.42. The minimum absolute atomic E-state index is 0.543. The molecule has 3 unspecified atom stereocenters. The van der Waals surface area contributed by atoms with Gasteiger partial charge in [-0.05, 0) is 49.8 Å². The van der Waals surface area contributed by atoms with Crippen LogP contribution in [0.1, 0.15) is 55.9 Å². The first-order chi connectivity index (χ1) is 11.6. The van der Waals surface area contributed by atoms with Crippen LogP contribution in [0.2, 0.25) is 0 Å². The van der Waals surface area contributed by atoms with Crippen molar-refractivity contribution in [3.8, 4) is 0 Å². The van der Waals surface area contributed by atoms with Gasteiger partial charge in [-0.2, -0.15) is 0 Å². The number of benzene rings is 2. The topological polar surface area (TPSA) is 23.5 Å². The third kappa shape index (κ3) is 4.06. The molecule has 0 radical (unpaired) electrons. The molecule has 1 N–H and O–H groups in total. The standard InChI is InChI=1S/C22H29NO/c1-17-8-6-9-18(2)23(17)15-14-19-10-7-13-21(16-19)22(24)20-11-4-3-5-12-20/h3-5,7,10-13,16-18,22,24H,6,8-9,14-15H2,1-2H3. The van der Waals surface area contributed by atoms with Crippen LogP contribution in [0.25, 0.3) is 0 Å². The van der Waals surface area contributed by atoms with Gasteiger partial charge in [-0.3, -0.25) is 4.90 Å². The second kappa shape index (κ2) is 7.96. The van der Waals surface area contributed by atoms with E-state index < -0.39 is 6.10 Å². The quantitative estimate of drug-likeness (QED) is 0.871. The van der Waals surface area contributed by atoms with Gasteiger partial charge in [-0.1, -0.05) is 61.0 Å². The lowest BCUT2D eigenvalue weighted by molar-refractivity contribution is 0.105. The normalized spacial score (nSPS) is 23.1. The average molecular weight is 323 g/mol. The van der Waals surface area contributed by atoms with E-state index in [9.17, 15) is 5.11 Å². The molecule has 24 heavy (non-hydrogen) atoms. The fourth-order valence-corrected chi connectivity index (χ4v) is 3.92. The summed E-state index contributed by atoms with van der Waals surface area (Å²) in [6.07, 6.45) is 4.49. The van der Waals surface area contributed by atoms with Crippen LogP contribution >= 0.6 is 0 Å². The minimum Gasteiger partial charge on any atom is -0.384 e. The van der Waals surface area contributed by atoms with Crippen molar-refractivity contribution in [2.75, 3.05) is 6.54 Å². The molecule has 2 aromatic carbocycles. The molecule has 0 amide bonds. The number of likely N-dealkylation sites (tertiary alicyclic amines) is 1. The van der Waals surface area contributed by atoms with Crippen LogP contribution in [0, 0.1) is 0 Å². The Morgan fingerprint density at radius 1 is 0.958 bits per heavy atom. The summed E-state index contributed by atoms with van der Waals surface area (Å²) >= 11 is 0. The van der Waals surface area contributed by atoms with E-state index in [-0.39, 0.29) is 0 Å². The van der Waals surface area contributed by atoms with Gasteiger partial charge >= 0.3 is 0 Å². The molecule has 0 saturated carbocycles. The SMILES string of the molecule is CC1CCCC(C)N1CCc1cccc(C(O)c2ccccc2)c1. The van der Waals surface area contributed by atoms with E-state index >= 15 is 0 Å². The highest BCUT2D eigenvalue weighted by atomic mass is 16.3. The van der Waals surface area contributed by atoms with Crippen LogP contribution in [0.5, 0.6) is 0 Å². The van der Waals surface area contributed by atoms with E-state index in [0.717, 1.165) is 24.1 Å². The fourth-order valence-electron chi connectivity index (χ4n) is 3.92. The first-order valence-corrected chi connectivity index (χ1v) is 9.22. The Labute approximate surface area is 146 Å². The third-order valence-electron chi connectivity index (χ3n) is 5.42. The molecule has 2 nitrogen and oxygen atoms in total. The maximum Gasteiger partial charge on any atom is 0.104 e. The zero-order valence-electron chi connectivity index (χ0n) is 14.9. The van der Waals surface area contributed by atoms with Crippen molar-refractivity contribution in [1.29, 1.82) is 0 Å². The van der Waals surface area contributed by atoms with Crippen LogP contribution in [0.3, 0.4) is 0 Å². The van der Waals surface area contributed by atoms with Crippen molar-refractivity contribution in [3.63, 3.8) is 0 Å². The summed E-state index contributed by atoms with van der Waals surface area (Å²) in [5, 5.41) is 10.6. The Morgan fingerprint density at radius 2 is 1.62 bits per heavy atom. The van der Waals surface area contributed by atoms with Crippen molar-refractivity contribution in [2.24, 2.45) is 0 Å². The molecular weight excluding hydrogens is 294 g/mol. The van der Waals surface area contributed by atoms with Crippen molar-refractivity contribution >= 4 is 0 Å². The van der Waals surface area contributed by atoms with Gasteiger partial charge in [0.15, 0.2) is 0 Å². The zero-order valence-corrected chi connectivity index (χ0v) is 14.9. The van der Waals surface area contributed by atoms with Crippen molar-refractivity contribution in [2.45, 2.75) is 57.7 Å². The van der Waals surface area contributed by atoms with E-state index in [1.807, 2.05) is 36.4 Å². The molecule has 1 heterocycles. The lowest BCUT2D eigenvalue weighted by Gasteiger charge is -2.39. The summed E-state index contributed by atoms with van der Waals surface area (Å²) in [6, 6.07) is 19.7. The highest BCUT2D eigenvalue weighted by Gasteiger charge is 2.24. The highest BCUT2D eigenvalue weighted by molar-refractivity contribution is 5.32. The average Bonchev–Trinajstić information content (AvgIpc) is 2.62. The second-order valence-electron chi connectivity index (χ2n) is 7.18. The van der Waals surface area contributed by atoms with E-state index in [4.69, 9.17) is 0 Å². The predicted octanol–water partition coefficient (Wildman–Crippen LogP) is 4.57. The number of hydrogen-bond donors (Lipinski definition) is 1. The molecule has 0 aromatic heterocycles. The number of hydrogen-bond acceptors (Lipinski definition) is 2. The molecule has 128 valence electrons. The molecule has 1 aliphatic heterocycles. The van der Waals surface area contributed by atoms with Crippen molar-refractivity contribution < 1.29 is 5.11 Å². The van der Waals surface area contributed by atoms with Crippen molar-refractivity contribution in [3.05, 3.63) is 71.3 Å². The molecule has 0 aliphatic carbocycles. The monoisotopic (exact) mass is 323 g/mol. The molecule has 2 heteroatoms. The number of nitrogens with zero attached hydrogens (tertiary/aromatic N) is 1. The number of aliphatic hydroxyl groups excluding tert-OH is 1. The van der Waals surface area contributed by atoms with E-state index in [1.54, 1.807) is 0 Å². The summed E-state index contributed by atoms with van der Waals surface area (Å²) in [5.41, 5.74) is 3.25. The van der Waals surface area contributed by atoms with Gasteiger partial charge in [0.1, 0.15) is 6.10 Å². The van der Waals surface area contributed by atoms with Gasteiger partial charge < -0.3 is 5.11 Å². The minimum atomic E-state index is -0.543. The summed E-state index contributed by atoms with van der Waals surface area (Å²) in [5.74, 6) is 0. The molecule has 1 aliphatic rings. The predicted molar refractivity (Wildman–Crippen MR) is 100 cm³/mol. The van der Waals surface area contributed by atoms with E-state index in [1.165, 1.54) is 24.8 Å². The Morgan fingerprint density at radius 3 is 2.33 bits per heavy atom. The molecule has 2 aromatic rings. The van der Waals surface area contributed by atoms with Gasteiger partial charge in [-0.25, -0.2) is 0 Å². The van der Waals surface area contributed by atoms with Crippen LogP contribution in [0.4, 0.5) is 0 Å². The first kappa shape index (κ1) is 17.2. The van der Waals surface area contributed by atoms with Crippen LogP contribution < -0.4 is 0 Å². The largest absolute Gasteiger partial charge is 0.384 e. The summed E-state index contributed by atoms with van der Waals surface area (Å²) in [6.45, 7) is 5.81. The summed E-state index contributed by atoms with van der Waals surface area (Å²) in [7, 11) is 0. The van der Waals surface area contributed by atoms with E-state index in [0.29, 0.717) is 12.1 Å². The molecular formula is C22H29NO. The molecule has 1 fully saturated rings. The maximum absolute atomic E-state index is 10.6.